The third-order valence-corrected chi connectivity index (χ3v) is 3.54. The topological polar surface area (TPSA) is 94.2 Å². The Bertz CT molecular complexity index is 695. The number of carbonyl (C=O) groups excluding carboxylic acids is 3. The fourth-order valence-electron chi connectivity index (χ4n) is 2.43. The van der Waals surface area contributed by atoms with Crippen molar-refractivity contribution >= 4 is 29.3 Å². The Morgan fingerprint density at radius 1 is 1.31 bits per heavy atom. The van der Waals surface area contributed by atoms with E-state index in [9.17, 15) is 14.4 Å². The van der Waals surface area contributed by atoms with Crippen LogP contribution in [0.2, 0.25) is 0 Å². The summed E-state index contributed by atoms with van der Waals surface area (Å²) in [6, 6.07) is 5.00. The normalized spacial score (nSPS) is 13.5. The second-order valence-electron chi connectivity index (χ2n) is 6.82. The first-order chi connectivity index (χ1) is 12.2. The minimum Gasteiger partial charge on any atom is -0.482 e. The Balaban J connectivity index is 2.11. The number of hydrogen-bond donors (Lipinski definition) is 1. The molecule has 142 valence electrons. The molecular weight excluding hydrogens is 340 g/mol. The number of methoxy groups -OCH3 is 1. The lowest BCUT2D eigenvalue weighted by Gasteiger charge is -2.30. The summed E-state index contributed by atoms with van der Waals surface area (Å²) in [7, 11) is 1.33. The zero-order valence-corrected chi connectivity index (χ0v) is 15.5. The lowest BCUT2D eigenvalue weighted by atomic mass is 10.2. The van der Waals surface area contributed by atoms with Gasteiger partial charge in [0.25, 0.3) is 5.91 Å². The van der Waals surface area contributed by atoms with Gasteiger partial charge in [-0.1, -0.05) is 0 Å². The number of anilines is 2. The van der Waals surface area contributed by atoms with Gasteiger partial charge in [0.1, 0.15) is 11.4 Å². The summed E-state index contributed by atoms with van der Waals surface area (Å²) in [5.41, 5.74) is 0.408. The molecule has 1 aromatic rings. The quantitative estimate of drug-likeness (QED) is 0.808. The number of carbonyl (C=O) groups is 3. The molecule has 0 atom stereocenters. The zero-order valence-electron chi connectivity index (χ0n) is 15.5. The second kappa shape index (κ2) is 8.07. The third-order valence-electron chi connectivity index (χ3n) is 3.54. The molecule has 0 bridgehead atoms. The van der Waals surface area contributed by atoms with Crippen LogP contribution in [0.25, 0.3) is 0 Å². The number of benzene rings is 1. The van der Waals surface area contributed by atoms with Crippen molar-refractivity contribution in [1.82, 2.24) is 0 Å². The maximum Gasteiger partial charge on any atom is 0.412 e. The molecule has 0 aliphatic carbocycles. The number of nitrogens with zero attached hydrogens (tertiary/aromatic N) is 1. The highest BCUT2D eigenvalue weighted by molar-refractivity contribution is 5.99. The molecule has 0 spiro atoms. The van der Waals surface area contributed by atoms with Gasteiger partial charge in [0, 0.05) is 18.7 Å². The molecule has 0 radical (unpaired) electrons. The van der Waals surface area contributed by atoms with Crippen molar-refractivity contribution < 1.29 is 28.6 Å². The van der Waals surface area contributed by atoms with Crippen molar-refractivity contribution in [2.45, 2.75) is 39.2 Å². The van der Waals surface area contributed by atoms with Gasteiger partial charge in [-0.2, -0.15) is 0 Å². The van der Waals surface area contributed by atoms with Crippen molar-refractivity contribution in [3.63, 3.8) is 0 Å². The Morgan fingerprint density at radius 2 is 2.04 bits per heavy atom. The van der Waals surface area contributed by atoms with Crippen molar-refractivity contribution in [1.29, 1.82) is 0 Å². The maximum atomic E-state index is 12.2. The van der Waals surface area contributed by atoms with Crippen LogP contribution >= 0.6 is 0 Å². The van der Waals surface area contributed by atoms with Crippen molar-refractivity contribution in [2.75, 3.05) is 30.5 Å². The number of amides is 2. The molecule has 2 rings (SSSR count). The molecule has 2 amide bonds. The van der Waals surface area contributed by atoms with Crippen LogP contribution in [0.5, 0.6) is 5.75 Å². The van der Waals surface area contributed by atoms with Gasteiger partial charge in [0.05, 0.1) is 12.8 Å². The Kier molecular flexibility index (Phi) is 6.07. The molecule has 0 unspecified atom stereocenters. The highest BCUT2D eigenvalue weighted by Gasteiger charge is 2.26. The lowest BCUT2D eigenvalue weighted by molar-refractivity contribution is -0.140. The molecule has 1 heterocycles. The fourth-order valence-corrected chi connectivity index (χ4v) is 2.43. The average molecular weight is 364 g/mol. The van der Waals surface area contributed by atoms with Crippen LogP contribution in [0.15, 0.2) is 18.2 Å². The van der Waals surface area contributed by atoms with Gasteiger partial charge in [0.15, 0.2) is 6.61 Å². The van der Waals surface area contributed by atoms with Gasteiger partial charge in [0.2, 0.25) is 0 Å². The SMILES string of the molecule is COC(=O)CCCN1C(=O)COc2ccc(NC(=O)OC(C)(C)C)cc21. The summed E-state index contributed by atoms with van der Waals surface area (Å²) in [4.78, 5) is 36.9. The molecule has 1 aliphatic heterocycles. The Morgan fingerprint density at radius 3 is 2.69 bits per heavy atom. The summed E-state index contributed by atoms with van der Waals surface area (Å²) in [6.07, 6.45) is 0.0891. The molecule has 0 saturated heterocycles. The van der Waals surface area contributed by atoms with E-state index in [1.54, 1.807) is 43.9 Å². The van der Waals surface area contributed by atoms with Crippen molar-refractivity contribution in [2.24, 2.45) is 0 Å². The van der Waals surface area contributed by atoms with Crippen molar-refractivity contribution in [3.8, 4) is 5.75 Å². The molecule has 26 heavy (non-hydrogen) atoms. The molecule has 0 fully saturated rings. The first kappa shape index (κ1) is 19.6. The molecule has 1 aromatic carbocycles. The summed E-state index contributed by atoms with van der Waals surface area (Å²) < 4.78 is 15.3. The smallest absolute Gasteiger partial charge is 0.412 e. The number of fused-ring (bicyclic) bond motifs is 1. The first-order valence-electron chi connectivity index (χ1n) is 8.33. The van der Waals surface area contributed by atoms with Crippen LogP contribution < -0.4 is 15.0 Å². The minimum atomic E-state index is -0.614. The van der Waals surface area contributed by atoms with Gasteiger partial charge in [-0.05, 0) is 45.4 Å². The monoisotopic (exact) mass is 364 g/mol. The summed E-state index contributed by atoms with van der Waals surface area (Å²) >= 11 is 0. The van der Waals surface area contributed by atoms with E-state index in [0.717, 1.165) is 0 Å². The maximum absolute atomic E-state index is 12.2. The molecule has 1 N–H and O–H groups in total. The molecule has 0 saturated carbocycles. The Labute approximate surface area is 152 Å². The van der Waals surface area contributed by atoms with Crippen LogP contribution in [0.3, 0.4) is 0 Å². The van der Waals surface area contributed by atoms with E-state index in [2.05, 4.69) is 10.1 Å². The summed E-state index contributed by atoms with van der Waals surface area (Å²) in [6.45, 7) is 5.60. The van der Waals surface area contributed by atoms with Gasteiger partial charge in [-0.3, -0.25) is 14.9 Å². The summed E-state index contributed by atoms with van der Waals surface area (Å²) in [5.74, 6) is 0.000431. The van der Waals surface area contributed by atoms with Crippen LogP contribution in [-0.2, 0) is 19.1 Å². The molecule has 8 heteroatoms. The molecule has 1 aliphatic rings. The predicted molar refractivity (Wildman–Crippen MR) is 95.4 cm³/mol. The van der Waals surface area contributed by atoms with E-state index in [1.807, 2.05) is 0 Å². The van der Waals surface area contributed by atoms with E-state index in [-0.39, 0.29) is 24.9 Å². The average Bonchev–Trinajstić information content (AvgIpc) is 2.54. The van der Waals surface area contributed by atoms with E-state index < -0.39 is 11.7 Å². The summed E-state index contributed by atoms with van der Waals surface area (Å²) in [5, 5.41) is 2.64. The fraction of sp³-hybridized carbons (Fsp3) is 0.500. The standard InChI is InChI=1S/C18H24N2O6/c1-18(2,3)26-17(23)19-12-7-8-14-13(10-12)20(15(21)11-25-14)9-5-6-16(22)24-4/h7-8,10H,5-6,9,11H2,1-4H3,(H,19,23). The Hall–Kier alpha value is -2.77. The van der Waals surface area contributed by atoms with E-state index in [0.29, 0.717) is 30.1 Å². The van der Waals surface area contributed by atoms with Crippen LogP contribution in [0.1, 0.15) is 33.6 Å². The first-order valence-corrected chi connectivity index (χ1v) is 8.33. The predicted octanol–water partition coefficient (Wildman–Crippen LogP) is 2.71. The van der Waals surface area contributed by atoms with Crippen LogP contribution in [-0.4, -0.2) is 43.8 Å². The molecular formula is C18H24N2O6. The van der Waals surface area contributed by atoms with Gasteiger partial charge >= 0.3 is 12.1 Å². The molecule has 8 nitrogen and oxygen atoms in total. The van der Waals surface area contributed by atoms with E-state index in [4.69, 9.17) is 9.47 Å². The second-order valence-corrected chi connectivity index (χ2v) is 6.82. The lowest BCUT2D eigenvalue weighted by Crippen LogP contribution is -2.39. The number of ether oxygens (including phenoxy) is 3. The van der Waals surface area contributed by atoms with Gasteiger partial charge in [-0.15, -0.1) is 0 Å². The highest BCUT2D eigenvalue weighted by Crippen LogP contribution is 2.35. The minimum absolute atomic E-state index is 0.0654. The van der Waals surface area contributed by atoms with E-state index >= 15 is 0 Å². The number of nitrogens with one attached hydrogen (secondary N) is 1. The van der Waals surface area contributed by atoms with Gasteiger partial charge in [-0.25, -0.2) is 4.79 Å². The van der Waals surface area contributed by atoms with Gasteiger partial charge < -0.3 is 19.1 Å². The third kappa shape index (κ3) is 5.37. The molecule has 0 aromatic heterocycles. The van der Waals surface area contributed by atoms with Crippen LogP contribution in [0.4, 0.5) is 16.2 Å². The van der Waals surface area contributed by atoms with E-state index in [1.165, 1.54) is 7.11 Å². The number of hydrogen-bond acceptors (Lipinski definition) is 6. The largest absolute Gasteiger partial charge is 0.482 e. The van der Waals surface area contributed by atoms with Crippen LogP contribution in [0, 0.1) is 0 Å². The number of rotatable bonds is 5. The zero-order chi connectivity index (χ0) is 19.3. The highest BCUT2D eigenvalue weighted by atomic mass is 16.6. The van der Waals surface area contributed by atoms with Crippen molar-refractivity contribution in [3.05, 3.63) is 18.2 Å². The number of esters is 1.